The number of nitrogens with one attached hydrogen (secondary N) is 1. The normalized spacial score (nSPS) is 10.3. The minimum absolute atomic E-state index is 0.303. The second-order valence-electron chi connectivity index (χ2n) is 4.38. The predicted molar refractivity (Wildman–Crippen MR) is 83.0 cm³/mol. The van der Waals surface area contributed by atoms with Crippen LogP contribution < -0.4 is 5.32 Å². The van der Waals surface area contributed by atoms with Gasteiger partial charge >= 0.3 is 0 Å². The van der Waals surface area contributed by atoms with Crippen molar-refractivity contribution < 1.29 is 9.18 Å². The number of aryl methyl sites for hydroxylation is 2. The number of hydrogen-bond acceptors (Lipinski definition) is 1. The van der Waals surface area contributed by atoms with Crippen molar-refractivity contribution in [1.82, 2.24) is 0 Å². The maximum Gasteiger partial charge on any atom is 0.255 e. The first-order chi connectivity index (χ1) is 8.97. The molecule has 0 bridgehead atoms. The highest BCUT2D eigenvalue weighted by molar-refractivity contribution is 14.1. The highest BCUT2D eigenvalue weighted by Gasteiger charge is 2.09. The third-order valence-corrected chi connectivity index (χ3v) is 4.00. The molecule has 1 amide bonds. The summed E-state index contributed by atoms with van der Waals surface area (Å²) in [6.07, 6.45) is 0. The maximum absolute atomic E-state index is 13.1. The highest BCUT2D eigenvalue weighted by atomic mass is 127. The number of amides is 1. The quantitative estimate of drug-likeness (QED) is 0.786. The zero-order valence-corrected chi connectivity index (χ0v) is 12.8. The molecule has 0 aliphatic heterocycles. The van der Waals surface area contributed by atoms with E-state index >= 15 is 0 Å². The van der Waals surface area contributed by atoms with Gasteiger partial charge in [0.1, 0.15) is 5.82 Å². The number of carbonyl (C=O) groups excluding carboxylic acids is 1. The lowest BCUT2D eigenvalue weighted by Crippen LogP contribution is -2.13. The molecule has 4 heteroatoms. The third kappa shape index (κ3) is 3.32. The molecule has 2 aromatic carbocycles. The van der Waals surface area contributed by atoms with Gasteiger partial charge in [-0.3, -0.25) is 4.79 Å². The standard InChI is InChI=1S/C15H13FINO/c1-9-7-14(10(2)6-13(9)17)18-15(19)11-4-3-5-12(16)8-11/h3-8H,1-2H3,(H,18,19). The van der Waals surface area contributed by atoms with E-state index in [1.165, 1.54) is 18.2 Å². The van der Waals surface area contributed by atoms with Crippen LogP contribution in [0.4, 0.5) is 10.1 Å². The number of hydrogen-bond donors (Lipinski definition) is 1. The van der Waals surface area contributed by atoms with Crippen molar-refractivity contribution in [3.05, 3.63) is 62.5 Å². The van der Waals surface area contributed by atoms with Crippen LogP contribution in [0.2, 0.25) is 0 Å². The van der Waals surface area contributed by atoms with Gasteiger partial charge in [0.2, 0.25) is 0 Å². The van der Waals surface area contributed by atoms with Crippen LogP contribution in [0.5, 0.6) is 0 Å². The Morgan fingerprint density at radius 3 is 2.58 bits per heavy atom. The summed E-state index contributed by atoms with van der Waals surface area (Å²) in [6, 6.07) is 9.59. The first-order valence-corrected chi connectivity index (χ1v) is 6.89. The van der Waals surface area contributed by atoms with E-state index in [4.69, 9.17) is 0 Å². The summed E-state index contributed by atoms with van der Waals surface area (Å²) in [5, 5.41) is 2.81. The lowest BCUT2D eigenvalue weighted by molar-refractivity contribution is 0.102. The van der Waals surface area contributed by atoms with Gasteiger partial charge in [0.15, 0.2) is 0 Å². The molecule has 2 rings (SSSR count). The molecular weight excluding hydrogens is 356 g/mol. The van der Waals surface area contributed by atoms with E-state index in [0.717, 1.165) is 20.4 Å². The maximum atomic E-state index is 13.1. The first-order valence-electron chi connectivity index (χ1n) is 5.81. The summed E-state index contributed by atoms with van der Waals surface area (Å²) >= 11 is 2.25. The van der Waals surface area contributed by atoms with Gasteiger partial charge in [-0.1, -0.05) is 6.07 Å². The van der Waals surface area contributed by atoms with E-state index in [1.54, 1.807) is 6.07 Å². The van der Waals surface area contributed by atoms with Gasteiger partial charge in [-0.05, 0) is 77.9 Å². The molecule has 0 radical (unpaired) electrons. The summed E-state index contributed by atoms with van der Waals surface area (Å²) < 4.78 is 14.2. The van der Waals surface area contributed by atoms with Gasteiger partial charge in [-0.15, -0.1) is 0 Å². The average molecular weight is 369 g/mol. The molecule has 0 aliphatic rings. The van der Waals surface area contributed by atoms with Crippen LogP contribution in [-0.2, 0) is 0 Å². The van der Waals surface area contributed by atoms with Crippen molar-refractivity contribution in [2.75, 3.05) is 5.32 Å². The second-order valence-corrected chi connectivity index (χ2v) is 5.54. The molecule has 0 saturated carbocycles. The molecular formula is C15H13FINO. The summed E-state index contributed by atoms with van der Waals surface area (Å²) in [4.78, 5) is 12.0. The summed E-state index contributed by atoms with van der Waals surface area (Å²) in [5.41, 5.74) is 3.16. The van der Waals surface area contributed by atoms with Crippen molar-refractivity contribution in [3.63, 3.8) is 0 Å². The zero-order chi connectivity index (χ0) is 14.0. The molecule has 0 spiro atoms. The molecule has 0 aromatic heterocycles. The molecule has 0 heterocycles. The Hall–Kier alpha value is -1.43. The van der Waals surface area contributed by atoms with E-state index < -0.39 is 5.82 Å². The zero-order valence-electron chi connectivity index (χ0n) is 10.6. The molecule has 19 heavy (non-hydrogen) atoms. The van der Waals surface area contributed by atoms with Crippen LogP contribution in [0.3, 0.4) is 0 Å². The Labute approximate surface area is 125 Å². The molecule has 0 aliphatic carbocycles. The van der Waals surface area contributed by atoms with Crippen LogP contribution in [-0.4, -0.2) is 5.91 Å². The fourth-order valence-electron chi connectivity index (χ4n) is 1.74. The number of carbonyl (C=O) groups is 1. The number of rotatable bonds is 2. The van der Waals surface area contributed by atoms with Crippen LogP contribution in [0.25, 0.3) is 0 Å². The van der Waals surface area contributed by atoms with Crippen LogP contribution in [0, 0.1) is 23.2 Å². The van der Waals surface area contributed by atoms with Gasteiger partial charge in [0, 0.05) is 14.8 Å². The Bertz CT molecular complexity index is 640. The van der Waals surface area contributed by atoms with Crippen molar-refractivity contribution in [2.45, 2.75) is 13.8 Å². The fraction of sp³-hybridized carbons (Fsp3) is 0.133. The summed E-state index contributed by atoms with van der Waals surface area (Å²) in [5.74, 6) is -0.716. The SMILES string of the molecule is Cc1cc(NC(=O)c2cccc(F)c2)c(C)cc1I. The van der Waals surface area contributed by atoms with Gasteiger partial charge in [0.05, 0.1) is 0 Å². The Balaban J connectivity index is 2.27. The topological polar surface area (TPSA) is 29.1 Å². The predicted octanol–water partition coefficient (Wildman–Crippen LogP) is 4.30. The molecule has 98 valence electrons. The minimum atomic E-state index is -0.414. The van der Waals surface area contributed by atoms with Crippen molar-refractivity contribution in [3.8, 4) is 0 Å². The second kappa shape index (κ2) is 5.69. The number of halogens is 2. The largest absolute Gasteiger partial charge is 0.322 e. The molecule has 0 atom stereocenters. The molecule has 2 nitrogen and oxygen atoms in total. The first kappa shape index (κ1) is 14.0. The fourth-order valence-corrected chi connectivity index (χ4v) is 2.36. The van der Waals surface area contributed by atoms with Crippen LogP contribution >= 0.6 is 22.6 Å². The van der Waals surface area contributed by atoms with Gasteiger partial charge in [-0.2, -0.15) is 0 Å². The van der Waals surface area contributed by atoms with E-state index in [9.17, 15) is 9.18 Å². The molecule has 0 unspecified atom stereocenters. The van der Waals surface area contributed by atoms with Gasteiger partial charge in [0.25, 0.3) is 5.91 Å². The van der Waals surface area contributed by atoms with Crippen molar-refractivity contribution >= 4 is 34.2 Å². The summed E-state index contributed by atoms with van der Waals surface area (Å²) in [6.45, 7) is 3.92. The van der Waals surface area contributed by atoms with Crippen molar-refractivity contribution in [1.29, 1.82) is 0 Å². The third-order valence-electron chi connectivity index (χ3n) is 2.84. The summed E-state index contributed by atoms with van der Waals surface area (Å²) in [7, 11) is 0. The van der Waals surface area contributed by atoms with E-state index in [2.05, 4.69) is 27.9 Å². The lowest BCUT2D eigenvalue weighted by Gasteiger charge is -2.11. The smallest absolute Gasteiger partial charge is 0.255 e. The highest BCUT2D eigenvalue weighted by Crippen LogP contribution is 2.22. The van der Waals surface area contributed by atoms with E-state index in [-0.39, 0.29) is 5.91 Å². The number of anilines is 1. The Kier molecular flexibility index (Phi) is 4.19. The minimum Gasteiger partial charge on any atom is -0.322 e. The molecule has 2 aromatic rings. The average Bonchev–Trinajstić information content (AvgIpc) is 2.36. The monoisotopic (exact) mass is 369 g/mol. The number of benzene rings is 2. The van der Waals surface area contributed by atoms with Gasteiger partial charge in [-0.25, -0.2) is 4.39 Å². The van der Waals surface area contributed by atoms with E-state index in [0.29, 0.717) is 5.56 Å². The van der Waals surface area contributed by atoms with Crippen LogP contribution in [0.15, 0.2) is 36.4 Å². The molecule has 0 fully saturated rings. The molecule has 0 saturated heterocycles. The Morgan fingerprint density at radius 2 is 1.89 bits per heavy atom. The Morgan fingerprint density at radius 1 is 1.16 bits per heavy atom. The van der Waals surface area contributed by atoms with E-state index in [1.807, 2.05) is 26.0 Å². The van der Waals surface area contributed by atoms with Gasteiger partial charge < -0.3 is 5.32 Å². The molecule has 1 N–H and O–H groups in total. The van der Waals surface area contributed by atoms with Crippen LogP contribution in [0.1, 0.15) is 21.5 Å². The lowest BCUT2D eigenvalue weighted by atomic mass is 10.1. The van der Waals surface area contributed by atoms with Crippen molar-refractivity contribution in [2.24, 2.45) is 0 Å².